The van der Waals surface area contributed by atoms with Gasteiger partial charge in [0.15, 0.2) is 0 Å². The molecule has 6 nitrogen and oxygen atoms in total. The van der Waals surface area contributed by atoms with Gasteiger partial charge in [0.05, 0.1) is 4.90 Å². The molecule has 0 fully saturated rings. The average molecular weight is 299 g/mol. The molecule has 1 aromatic heterocycles. The summed E-state index contributed by atoms with van der Waals surface area (Å²) < 4.78 is 26.6. The smallest absolute Gasteiger partial charge is 0.263 e. The van der Waals surface area contributed by atoms with Crippen molar-refractivity contribution in [3.63, 3.8) is 0 Å². The van der Waals surface area contributed by atoms with Crippen LogP contribution in [0.15, 0.2) is 35.4 Å². The second-order valence-corrected chi connectivity index (χ2v) is 5.86. The van der Waals surface area contributed by atoms with E-state index in [1.54, 1.807) is 6.92 Å². The number of nitrogens with one attached hydrogen (secondary N) is 1. The van der Waals surface area contributed by atoms with Crippen LogP contribution in [0.3, 0.4) is 0 Å². The summed E-state index contributed by atoms with van der Waals surface area (Å²) >= 11 is 5.59. The van der Waals surface area contributed by atoms with Crippen LogP contribution in [0, 0.1) is 6.92 Å². The average Bonchev–Trinajstić information content (AvgIpc) is 2.32. The van der Waals surface area contributed by atoms with Gasteiger partial charge < -0.3 is 5.73 Å². The molecule has 100 valence electrons. The lowest BCUT2D eigenvalue weighted by atomic mass is 10.2. The Bertz CT molecular complexity index is 718. The van der Waals surface area contributed by atoms with Crippen molar-refractivity contribution in [1.29, 1.82) is 0 Å². The van der Waals surface area contributed by atoms with E-state index in [-0.39, 0.29) is 16.0 Å². The first-order chi connectivity index (χ1) is 8.88. The van der Waals surface area contributed by atoms with E-state index in [0.717, 1.165) is 0 Å². The van der Waals surface area contributed by atoms with Crippen molar-refractivity contribution in [1.82, 2.24) is 9.97 Å². The minimum atomic E-state index is -3.72. The highest BCUT2D eigenvalue weighted by molar-refractivity contribution is 7.92. The third kappa shape index (κ3) is 3.12. The van der Waals surface area contributed by atoms with Crippen LogP contribution in [0.4, 0.5) is 11.5 Å². The largest absolute Gasteiger partial charge is 0.399 e. The SMILES string of the molecule is Cc1cc(S(=O)(=O)Nc2ccnc(Cl)n2)ccc1N. The maximum atomic E-state index is 12.1. The van der Waals surface area contributed by atoms with E-state index in [1.807, 2.05) is 0 Å². The Hall–Kier alpha value is -1.86. The number of hydrogen-bond donors (Lipinski definition) is 2. The molecule has 0 radical (unpaired) electrons. The minimum Gasteiger partial charge on any atom is -0.399 e. The molecule has 3 N–H and O–H groups in total. The van der Waals surface area contributed by atoms with Crippen molar-refractivity contribution in [3.8, 4) is 0 Å². The number of aryl methyl sites for hydroxylation is 1. The molecular formula is C11H11ClN4O2S. The van der Waals surface area contributed by atoms with E-state index in [9.17, 15) is 8.42 Å². The van der Waals surface area contributed by atoms with Crippen LogP contribution in [-0.4, -0.2) is 18.4 Å². The zero-order valence-corrected chi connectivity index (χ0v) is 11.5. The Morgan fingerprint density at radius 2 is 2.05 bits per heavy atom. The molecule has 2 aromatic rings. The number of halogens is 1. The molecule has 0 saturated heterocycles. The van der Waals surface area contributed by atoms with Crippen LogP contribution < -0.4 is 10.5 Å². The zero-order chi connectivity index (χ0) is 14.0. The molecule has 0 aliphatic rings. The molecule has 19 heavy (non-hydrogen) atoms. The fourth-order valence-electron chi connectivity index (χ4n) is 1.40. The highest BCUT2D eigenvalue weighted by Crippen LogP contribution is 2.19. The second kappa shape index (κ2) is 5.02. The van der Waals surface area contributed by atoms with Crippen LogP contribution in [0.25, 0.3) is 0 Å². The first-order valence-corrected chi connectivity index (χ1v) is 7.12. The van der Waals surface area contributed by atoms with E-state index in [2.05, 4.69) is 14.7 Å². The van der Waals surface area contributed by atoms with Gasteiger partial charge in [-0.25, -0.2) is 13.4 Å². The van der Waals surface area contributed by atoms with Gasteiger partial charge in [0.1, 0.15) is 5.82 Å². The predicted octanol–water partition coefficient (Wildman–Crippen LogP) is 1.82. The predicted molar refractivity (Wildman–Crippen MR) is 73.4 cm³/mol. The molecule has 8 heteroatoms. The fourth-order valence-corrected chi connectivity index (χ4v) is 2.64. The third-order valence-electron chi connectivity index (χ3n) is 2.42. The van der Waals surface area contributed by atoms with Crippen molar-refractivity contribution >= 4 is 33.1 Å². The Kier molecular flexibility index (Phi) is 3.59. The number of aromatic nitrogens is 2. The monoisotopic (exact) mass is 298 g/mol. The van der Waals surface area contributed by atoms with Crippen molar-refractivity contribution < 1.29 is 8.42 Å². The van der Waals surface area contributed by atoms with Gasteiger partial charge in [0, 0.05) is 11.9 Å². The maximum Gasteiger partial charge on any atom is 0.263 e. The molecular weight excluding hydrogens is 288 g/mol. The lowest BCUT2D eigenvalue weighted by Gasteiger charge is -2.08. The highest BCUT2D eigenvalue weighted by Gasteiger charge is 2.15. The zero-order valence-electron chi connectivity index (χ0n) is 9.96. The van der Waals surface area contributed by atoms with Crippen molar-refractivity contribution in [3.05, 3.63) is 41.3 Å². The van der Waals surface area contributed by atoms with Crippen molar-refractivity contribution in [2.75, 3.05) is 10.5 Å². The molecule has 1 aromatic carbocycles. The molecule has 0 aliphatic carbocycles. The summed E-state index contributed by atoms with van der Waals surface area (Å²) in [6, 6.07) is 5.86. The standard InChI is InChI=1S/C11H11ClN4O2S/c1-7-6-8(2-3-9(7)13)19(17,18)16-10-4-5-14-11(12)15-10/h2-6H,13H2,1H3,(H,14,15,16). The summed E-state index contributed by atoms with van der Waals surface area (Å²) in [5, 5.41) is -0.0336. The Balaban J connectivity index is 2.35. The van der Waals surface area contributed by atoms with E-state index >= 15 is 0 Å². The van der Waals surface area contributed by atoms with Crippen LogP contribution in [0.5, 0.6) is 0 Å². The minimum absolute atomic E-state index is 0.0336. The maximum absolute atomic E-state index is 12.1. The lowest BCUT2D eigenvalue weighted by Crippen LogP contribution is -2.14. The molecule has 2 rings (SSSR count). The molecule has 0 unspecified atom stereocenters. The number of anilines is 2. The van der Waals surface area contributed by atoms with E-state index in [0.29, 0.717) is 11.3 Å². The molecule has 1 heterocycles. The van der Waals surface area contributed by atoms with E-state index < -0.39 is 10.0 Å². The molecule has 0 aliphatic heterocycles. The second-order valence-electron chi connectivity index (χ2n) is 3.83. The summed E-state index contributed by atoms with van der Waals surface area (Å²) in [4.78, 5) is 7.54. The lowest BCUT2D eigenvalue weighted by molar-refractivity contribution is 0.601. The van der Waals surface area contributed by atoms with Crippen molar-refractivity contribution in [2.45, 2.75) is 11.8 Å². The van der Waals surface area contributed by atoms with E-state index in [4.69, 9.17) is 17.3 Å². The van der Waals surface area contributed by atoms with Gasteiger partial charge in [0.2, 0.25) is 5.28 Å². The number of nitrogens with zero attached hydrogens (tertiary/aromatic N) is 2. The number of sulfonamides is 1. The topological polar surface area (TPSA) is 98.0 Å². The number of nitrogen functional groups attached to an aromatic ring is 1. The number of hydrogen-bond acceptors (Lipinski definition) is 5. The Morgan fingerprint density at radius 3 is 2.68 bits per heavy atom. The fraction of sp³-hybridized carbons (Fsp3) is 0.0909. The first kappa shape index (κ1) is 13.6. The third-order valence-corrected chi connectivity index (χ3v) is 3.95. The van der Waals surface area contributed by atoms with Crippen molar-refractivity contribution in [2.24, 2.45) is 0 Å². The Labute approximate surface area is 115 Å². The van der Waals surface area contributed by atoms with Crippen LogP contribution in [0.2, 0.25) is 5.28 Å². The van der Waals surface area contributed by atoms with Gasteiger partial charge in [-0.1, -0.05) is 0 Å². The van der Waals surface area contributed by atoms with Crippen LogP contribution in [-0.2, 0) is 10.0 Å². The first-order valence-electron chi connectivity index (χ1n) is 5.26. The summed E-state index contributed by atoms with van der Waals surface area (Å²) in [7, 11) is -3.72. The normalized spacial score (nSPS) is 11.3. The van der Waals surface area contributed by atoms with E-state index in [1.165, 1.54) is 30.5 Å². The summed E-state index contributed by atoms with van der Waals surface area (Å²) in [6.07, 6.45) is 1.36. The summed E-state index contributed by atoms with van der Waals surface area (Å²) in [6.45, 7) is 1.73. The number of benzene rings is 1. The van der Waals surface area contributed by atoms with Crippen LogP contribution in [0.1, 0.15) is 5.56 Å². The van der Waals surface area contributed by atoms with Gasteiger partial charge in [-0.05, 0) is 48.4 Å². The number of nitrogens with two attached hydrogens (primary N) is 1. The number of rotatable bonds is 3. The summed E-state index contributed by atoms with van der Waals surface area (Å²) in [5.74, 6) is 0.106. The van der Waals surface area contributed by atoms with Crippen LogP contribution >= 0.6 is 11.6 Å². The van der Waals surface area contributed by atoms with Gasteiger partial charge in [-0.2, -0.15) is 4.98 Å². The van der Waals surface area contributed by atoms with Gasteiger partial charge >= 0.3 is 0 Å². The molecule has 0 spiro atoms. The molecule has 0 amide bonds. The van der Waals surface area contributed by atoms with Gasteiger partial charge in [-0.3, -0.25) is 4.72 Å². The summed E-state index contributed by atoms with van der Waals surface area (Å²) in [5.41, 5.74) is 6.87. The molecule has 0 saturated carbocycles. The Morgan fingerprint density at radius 1 is 1.32 bits per heavy atom. The molecule has 0 bridgehead atoms. The highest BCUT2D eigenvalue weighted by atomic mass is 35.5. The van der Waals surface area contributed by atoms with Gasteiger partial charge in [0.25, 0.3) is 10.0 Å². The van der Waals surface area contributed by atoms with Gasteiger partial charge in [-0.15, -0.1) is 0 Å². The molecule has 0 atom stereocenters. The quantitative estimate of drug-likeness (QED) is 0.665.